The van der Waals surface area contributed by atoms with Crippen LogP contribution in [-0.2, 0) is 5.41 Å². The monoisotopic (exact) mass is 257 g/mol. The Morgan fingerprint density at radius 1 is 1.32 bits per heavy atom. The van der Waals surface area contributed by atoms with Crippen LogP contribution in [0, 0.1) is 18.3 Å². The minimum atomic E-state index is -0.287. The number of nitrogens with two attached hydrogens (primary N) is 1. The van der Waals surface area contributed by atoms with E-state index in [0.29, 0.717) is 0 Å². The highest BCUT2D eigenvalue weighted by Gasteiger charge is 2.37. The summed E-state index contributed by atoms with van der Waals surface area (Å²) in [5, 5.41) is 9.69. The number of hydrogen-bond acceptors (Lipinski definition) is 3. The summed E-state index contributed by atoms with van der Waals surface area (Å²) in [5.74, 6) is 0. The van der Waals surface area contributed by atoms with Gasteiger partial charge in [0.25, 0.3) is 0 Å². The van der Waals surface area contributed by atoms with Gasteiger partial charge in [0.05, 0.1) is 11.5 Å². The molecule has 0 spiro atoms. The van der Waals surface area contributed by atoms with Crippen molar-refractivity contribution in [2.24, 2.45) is 5.73 Å². The molecule has 0 aliphatic carbocycles. The first-order chi connectivity index (χ1) is 9.22. The topological polar surface area (TPSA) is 53.0 Å². The van der Waals surface area contributed by atoms with Crippen LogP contribution in [0.5, 0.6) is 0 Å². The predicted octanol–water partition coefficient (Wildman–Crippen LogP) is 2.20. The highest BCUT2D eigenvalue weighted by molar-refractivity contribution is 5.39. The van der Waals surface area contributed by atoms with Crippen LogP contribution in [0.15, 0.2) is 24.3 Å². The van der Waals surface area contributed by atoms with Crippen molar-refractivity contribution in [2.45, 2.75) is 31.6 Å². The van der Waals surface area contributed by atoms with E-state index in [9.17, 15) is 5.26 Å². The van der Waals surface area contributed by atoms with Crippen LogP contribution < -0.4 is 5.73 Å². The zero-order valence-electron chi connectivity index (χ0n) is 11.7. The van der Waals surface area contributed by atoms with E-state index in [1.54, 1.807) is 0 Å². The smallest absolute Gasteiger partial charge is 0.0849 e. The van der Waals surface area contributed by atoms with Gasteiger partial charge >= 0.3 is 0 Å². The molecule has 0 unspecified atom stereocenters. The van der Waals surface area contributed by atoms with Gasteiger partial charge in [-0.15, -0.1) is 0 Å². The van der Waals surface area contributed by atoms with Crippen LogP contribution in [-0.4, -0.2) is 31.1 Å². The van der Waals surface area contributed by atoms with Crippen molar-refractivity contribution in [1.29, 1.82) is 5.26 Å². The third-order valence-corrected chi connectivity index (χ3v) is 4.26. The van der Waals surface area contributed by atoms with E-state index in [0.717, 1.165) is 45.4 Å². The van der Waals surface area contributed by atoms with E-state index in [1.807, 2.05) is 12.1 Å². The molecule has 2 N–H and O–H groups in total. The molecule has 1 saturated heterocycles. The lowest BCUT2D eigenvalue weighted by Gasteiger charge is -2.38. The van der Waals surface area contributed by atoms with Crippen LogP contribution in [0.4, 0.5) is 0 Å². The minimum Gasteiger partial charge on any atom is -0.330 e. The zero-order chi connectivity index (χ0) is 13.7. The maximum absolute atomic E-state index is 9.69. The molecule has 0 bridgehead atoms. The Labute approximate surface area is 116 Å². The Hall–Kier alpha value is -1.37. The number of nitriles is 1. The van der Waals surface area contributed by atoms with Gasteiger partial charge in [0.15, 0.2) is 0 Å². The van der Waals surface area contributed by atoms with Gasteiger partial charge in [-0.2, -0.15) is 5.26 Å². The lowest BCUT2D eigenvalue weighted by atomic mass is 9.72. The molecule has 19 heavy (non-hydrogen) atoms. The fourth-order valence-corrected chi connectivity index (χ4v) is 3.02. The average Bonchev–Trinajstić information content (AvgIpc) is 2.46. The maximum Gasteiger partial charge on any atom is 0.0849 e. The van der Waals surface area contributed by atoms with Gasteiger partial charge in [-0.05, 0) is 63.5 Å². The Balaban J connectivity index is 2.11. The molecule has 1 fully saturated rings. The fraction of sp³-hybridized carbons (Fsp3) is 0.562. The highest BCUT2D eigenvalue weighted by atomic mass is 15.1. The average molecular weight is 257 g/mol. The first-order valence-electron chi connectivity index (χ1n) is 7.11. The molecule has 102 valence electrons. The molecule has 0 radical (unpaired) electrons. The van der Waals surface area contributed by atoms with E-state index < -0.39 is 0 Å². The highest BCUT2D eigenvalue weighted by Crippen LogP contribution is 2.36. The molecule has 1 heterocycles. The molecule has 3 nitrogen and oxygen atoms in total. The van der Waals surface area contributed by atoms with E-state index in [4.69, 9.17) is 5.73 Å². The van der Waals surface area contributed by atoms with Crippen LogP contribution in [0.25, 0.3) is 0 Å². The number of benzene rings is 1. The fourth-order valence-electron chi connectivity index (χ4n) is 3.02. The summed E-state index contributed by atoms with van der Waals surface area (Å²) < 4.78 is 0. The second kappa shape index (κ2) is 6.18. The summed E-state index contributed by atoms with van der Waals surface area (Å²) in [6, 6.07) is 10.9. The zero-order valence-corrected chi connectivity index (χ0v) is 11.7. The predicted molar refractivity (Wildman–Crippen MR) is 77.8 cm³/mol. The largest absolute Gasteiger partial charge is 0.330 e. The molecule has 1 aromatic carbocycles. The summed E-state index contributed by atoms with van der Waals surface area (Å²) in [4.78, 5) is 2.43. The number of rotatable bonds is 4. The summed E-state index contributed by atoms with van der Waals surface area (Å²) >= 11 is 0. The van der Waals surface area contributed by atoms with E-state index in [-0.39, 0.29) is 5.41 Å². The lowest BCUT2D eigenvalue weighted by molar-refractivity contribution is 0.185. The van der Waals surface area contributed by atoms with Crippen molar-refractivity contribution in [3.8, 4) is 6.07 Å². The van der Waals surface area contributed by atoms with E-state index in [1.165, 1.54) is 11.1 Å². The molecular formula is C16H23N3. The van der Waals surface area contributed by atoms with E-state index in [2.05, 4.69) is 30.0 Å². The van der Waals surface area contributed by atoms with Crippen molar-refractivity contribution < 1.29 is 0 Å². The third kappa shape index (κ3) is 2.97. The van der Waals surface area contributed by atoms with Crippen LogP contribution in [0.1, 0.15) is 30.4 Å². The maximum atomic E-state index is 9.69. The summed E-state index contributed by atoms with van der Waals surface area (Å²) in [6.45, 7) is 5.92. The van der Waals surface area contributed by atoms with Crippen molar-refractivity contribution in [2.75, 3.05) is 26.2 Å². The number of hydrogen-bond donors (Lipinski definition) is 1. The normalized spacial score (nSPS) is 19.0. The van der Waals surface area contributed by atoms with Gasteiger partial charge < -0.3 is 10.6 Å². The second-order valence-corrected chi connectivity index (χ2v) is 5.49. The third-order valence-electron chi connectivity index (χ3n) is 4.26. The number of nitrogens with zero attached hydrogens (tertiary/aromatic N) is 2. The van der Waals surface area contributed by atoms with Gasteiger partial charge in [-0.25, -0.2) is 0 Å². The van der Waals surface area contributed by atoms with Crippen molar-refractivity contribution in [3.05, 3.63) is 35.4 Å². The van der Waals surface area contributed by atoms with Gasteiger partial charge in [0.2, 0.25) is 0 Å². The molecule has 1 aromatic rings. The molecule has 0 aromatic heterocycles. The van der Waals surface area contributed by atoms with Crippen LogP contribution in [0.3, 0.4) is 0 Å². The lowest BCUT2D eigenvalue weighted by Crippen LogP contribution is -2.42. The van der Waals surface area contributed by atoms with Crippen LogP contribution in [0.2, 0.25) is 0 Å². The number of likely N-dealkylation sites (tertiary alicyclic amines) is 1. The van der Waals surface area contributed by atoms with Crippen LogP contribution >= 0.6 is 0 Å². The summed E-state index contributed by atoms with van der Waals surface area (Å²) in [6.07, 6.45) is 2.90. The van der Waals surface area contributed by atoms with E-state index >= 15 is 0 Å². The molecule has 0 atom stereocenters. The number of piperidine rings is 1. The Morgan fingerprint density at radius 3 is 2.58 bits per heavy atom. The second-order valence-electron chi connectivity index (χ2n) is 5.49. The van der Waals surface area contributed by atoms with Gasteiger partial charge in [0.1, 0.15) is 0 Å². The molecule has 2 rings (SSSR count). The first-order valence-corrected chi connectivity index (χ1v) is 7.11. The number of aryl methyl sites for hydroxylation is 1. The summed E-state index contributed by atoms with van der Waals surface area (Å²) in [5.41, 5.74) is 7.72. The Kier molecular flexibility index (Phi) is 4.57. The van der Waals surface area contributed by atoms with Gasteiger partial charge in [-0.3, -0.25) is 0 Å². The van der Waals surface area contributed by atoms with Crippen molar-refractivity contribution >= 4 is 0 Å². The molecule has 0 amide bonds. The molecule has 3 heteroatoms. The summed E-state index contributed by atoms with van der Waals surface area (Å²) in [7, 11) is 0. The first kappa shape index (κ1) is 14.0. The quantitative estimate of drug-likeness (QED) is 0.899. The molecule has 1 aliphatic rings. The standard InChI is InChI=1S/C16H23N3/c1-14-5-2-3-6-15(14)16(13-18)7-11-19(12-8-16)10-4-9-17/h2-3,5-6H,4,7-12,17H2,1H3. The Morgan fingerprint density at radius 2 is 2.00 bits per heavy atom. The minimum absolute atomic E-state index is 0.287. The van der Waals surface area contributed by atoms with Crippen molar-refractivity contribution in [3.63, 3.8) is 0 Å². The van der Waals surface area contributed by atoms with Gasteiger partial charge in [0, 0.05) is 0 Å². The molecule has 1 aliphatic heterocycles. The molecular weight excluding hydrogens is 234 g/mol. The van der Waals surface area contributed by atoms with Gasteiger partial charge in [-0.1, -0.05) is 24.3 Å². The molecule has 0 saturated carbocycles. The van der Waals surface area contributed by atoms with Crippen molar-refractivity contribution in [1.82, 2.24) is 4.90 Å². The SMILES string of the molecule is Cc1ccccc1C1(C#N)CCN(CCCN)CC1. The Bertz CT molecular complexity index is 453.